The van der Waals surface area contributed by atoms with Gasteiger partial charge in [-0.05, 0) is 30.4 Å². The molecule has 1 N–H and O–H groups in total. The zero-order valence-corrected chi connectivity index (χ0v) is 10.1. The van der Waals surface area contributed by atoms with Crippen molar-refractivity contribution in [3.8, 4) is 0 Å². The standard InChI is InChI=1S/C13H15F2NO/c1-7-4-9(14)10(15)5-11(7)16-12(17)8-6-13(8,2)3/h4-5,8H,6H2,1-3H3,(H,16,17)/t8-/m1/s1. The molecule has 92 valence electrons. The van der Waals surface area contributed by atoms with Crippen molar-refractivity contribution in [1.82, 2.24) is 0 Å². The number of amides is 1. The Balaban J connectivity index is 2.14. The molecule has 0 radical (unpaired) electrons. The Kier molecular flexibility index (Phi) is 2.68. The fourth-order valence-electron chi connectivity index (χ4n) is 1.92. The van der Waals surface area contributed by atoms with Gasteiger partial charge in [0, 0.05) is 17.7 Å². The summed E-state index contributed by atoms with van der Waals surface area (Å²) in [5.41, 5.74) is 0.892. The first-order valence-corrected chi connectivity index (χ1v) is 5.58. The molecule has 0 unspecified atom stereocenters. The van der Waals surface area contributed by atoms with E-state index < -0.39 is 11.6 Å². The molecule has 4 heteroatoms. The monoisotopic (exact) mass is 239 g/mol. The van der Waals surface area contributed by atoms with Crippen molar-refractivity contribution >= 4 is 11.6 Å². The number of hydrogen-bond donors (Lipinski definition) is 1. The van der Waals surface area contributed by atoms with Crippen molar-refractivity contribution in [1.29, 1.82) is 0 Å². The average molecular weight is 239 g/mol. The van der Waals surface area contributed by atoms with E-state index in [1.807, 2.05) is 13.8 Å². The molecule has 1 atom stereocenters. The topological polar surface area (TPSA) is 29.1 Å². The van der Waals surface area contributed by atoms with E-state index in [0.717, 1.165) is 18.6 Å². The molecule has 2 nitrogen and oxygen atoms in total. The number of carbonyl (C=O) groups is 1. The largest absolute Gasteiger partial charge is 0.325 e. The van der Waals surface area contributed by atoms with Crippen LogP contribution in [0.2, 0.25) is 0 Å². The molecule has 1 amide bonds. The van der Waals surface area contributed by atoms with Crippen LogP contribution in [-0.2, 0) is 4.79 Å². The van der Waals surface area contributed by atoms with Crippen molar-refractivity contribution in [2.75, 3.05) is 5.32 Å². The minimum absolute atomic E-state index is 0.0244. The molecular weight excluding hydrogens is 224 g/mol. The van der Waals surface area contributed by atoms with Crippen LogP contribution in [0.3, 0.4) is 0 Å². The van der Waals surface area contributed by atoms with Crippen LogP contribution in [0.15, 0.2) is 12.1 Å². The van der Waals surface area contributed by atoms with Gasteiger partial charge in [0.1, 0.15) is 0 Å². The lowest BCUT2D eigenvalue weighted by molar-refractivity contribution is -0.118. The molecule has 1 aliphatic carbocycles. The SMILES string of the molecule is Cc1cc(F)c(F)cc1NC(=O)[C@H]1CC1(C)C. The van der Waals surface area contributed by atoms with Gasteiger partial charge in [-0.2, -0.15) is 0 Å². The van der Waals surface area contributed by atoms with Gasteiger partial charge in [-0.3, -0.25) is 4.79 Å². The molecule has 1 saturated carbocycles. The second-order valence-electron chi connectivity index (χ2n) is 5.32. The van der Waals surface area contributed by atoms with Gasteiger partial charge >= 0.3 is 0 Å². The van der Waals surface area contributed by atoms with E-state index in [0.29, 0.717) is 11.3 Å². The number of anilines is 1. The van der Waals surface area contributed by atoms with Crippen LogP contribution in [-0.4, -0.2) is 5.91 Å². The van der Waals surface area contributed by atoms with Crippen molar-refractivity contribution in [2.24, 2.45) is 11.3 Å². The molecule has 17 heavy (non-hydrogen) atoms. The van der Waals surface area contributed by atoms with Gasteiger partial charge in [-0.15, -0.1) is 0 Å². The molecule has 1 aromatic carbocycles. The van der Waals surface area contributed by atoms with Crippen LogP contribution in [0, 0.1) is 29.9 Å². The van der Waals surface area contributed by atoms with Crippen molar-refractivity contribution in [2.45, 2.75) is 27.2 Å². The van der Waals surface area contributed by atoms with E-state index in [2.05, 4.69) is 5.32 Å². The highest BCUT2D eigenvalue weighted by atomic mass is 19.2. The van der Waals surface area contributed by atoms with E-state index >= 15 is 0 Å². The number of benzene rings is 1. The third kappa shape index (κ3) is 2.30. The van der Waals surface area contributed by atoms with E-state index in [-0.39, 0.29) is 17.2 Å². The Morgan fingerprint density at radius 2 is 1.88 bits per heavy atom. The summed E-state index contributed by atoms with van der Waals surface area (Å²) in [7, 11) is 0. The Hall–Kier alpha value is -1.45. The molecule has 0 spiro atoms. The molecule has 0 saturated heterocycles. The quantitative estimate of drug-likeness (QED) is 0.843. The normalized spacial score (nSPS) is 21.1. The van der Waals surface area contributed by atoms with Crippen LogP contribution in [0.5, 0.6) is 0 Å². The van der Waals surface area contributed by atoms with Gasteiger partial charge in [-0.25, -0.2) is 8.78 Å². The summed E-state index contributed by atoms with van der Waals surface area (Å²) in [5.74, 6) is -1.99. The number of hydrogen-bond acceptors (Lipinski definition) is 1. The molecule has 0 bridgehead atoms. The zero-order chi connectivity index (χ0) is 12.8. The molecule has 1 aliphatic rings. The molecule has 2 rings (SSSR count). The molecule has 0 aliphatic heterocycles. The third-order valence-corrected chi connectivity index (χ3v) is 3.36. The Morgan fingerprint density at radius 1 is 1.35 bits per heavy atom. The second-order valence-corrected chi connectivity index (χ2v) is 5.32. The van der Waals surface area contributed by atoms with Crippen molar-refractivity contribution < 1.29 is 13.6 Å². The number of halogens is 2. The number of carbonyl (C=O) groups excluding carboxylic acids is 1. The molecule has 0 heterocycles. The maximum Gasteiger partial charge on any atom is 0.228 e. The summed E-state index contributed by atoms with van der Waals surface area (Å²) >= 11 is 0. The van der Waals surface area contributed by atoms with E-state index in [4.69, 9.17) is 0 Å². The van der Waals surface area contributed by atoms with Crippen LogP contribution < -0.4 is 5.32 Å². The lowest BCUT2D eigenvalue weighted by Gasteiger charge is -2.09. The Labute approximate surface area is 99.0 Å². The minimum Gasteiger partial charge on any atom is -0.325 e. The summed E-state index contributed by atoms with van der Waals surface area (Å²) in [6.45, 7) is 5.65. The van der Waals surface area contributed by atoms with Gasteiger partial charge < -0.3 is 5.32 Å². The van der Waals surface area contributed by atoms with Gasteiger partial charge in [0.25, 0.3) is 0 Å². The van der Waals surface area contributed by atoms with Gasteiger partial charge in [0.05, 0.1) is 0 Å². The second kappa shape index (κ2) is 3.79. The summed E-state index contributed by atoms with van der Waals surface area (Å²) < 4.78 is 26.0. The van der Waals surface area contributed by atoms with E-state index in [1.165, 1.54) is 0 Å². The highest BCUT2D eigenvalue weighted by Gasteiger charge is 2.50. The first-order chi connectivity index (χ1) is 7.81. The van der Waals surface area contributed by atoms with Crippen molar-refractivity contribution in [3.05, 3.63) is 29.3 Å². The van der Waals surface area contributed by atoms with Gasteiger partial charge in [0.15, 0.2) is 11.6 Å². The molecule has 0 aromatic heterocycles. The Bertz CT molecular complexity index is 483. The smallest absolute Gasteiger partial charge is 0.228 e. The highest BCUT2D eigenvalue weighted by molar-refractivity contribution is 5.95. The first kappa shape index (κ1) is 12.0. The summed E-state index contributed by atoms with van der Waals surface area (Å²) in [6, 6.07) is 2.11. The predicted octanol–water partition coefficient (Wildman–Crippen LogP) is 3.26. The number of aryl methyl sites for hydroxylation is 1. The van der Waals surface area contributed by atoms with Crippen LogP contribution in [0.4, 0.5) is 14.5 Å². The lowest BCUT2D eigenvalue weighted by Crippen LogP contribution is -2.17. The maximum absolute atomic E-state index is 13.1. The van der Waals surface area contributed by atoms with Crippen LogP contribution >= 0.6 is 0 Å². The fraction of sp³-hybridized carbons (Fsp3) is 0.462. The summed E-state index contributed by atoms with van der Waals surface area (Å²) in [5, 5.41) is 2.65. The van der Waals surface area contributed by atoms with Crippen LogP contribution in [0.1, 0.15) is 25.8 Å². The Morgan fingerprint density at radius 3 is 2.41 bits per heavy atom. The van der Waals surface area contributed by atoms with Crippen LogP contribution in [0.25, 0.3) is 0 Å². The van der Waals surface area contributed by atoms with Gasteiger partial charge in [0.2, 0.25) is 5.91 Å². The van der Waals surface area contributed by atoms with E-state index in [1.54, 1.807) is 6.92 Å². The minimum atomic E-state index is -0.944. The fourth-order valence-corrected chi connectivity index (χ4v) is 1.92. The lowest BCUT2D eigenvalue weighted by atomic mass is 10.1. The highest BCUT2D eigenvalue weighted by Crippen LogP contribution is 2.52. The summed E-state index contributed by atoms with van der Waals surface area (Å²) in [6.07, 6.45) is 0.835. The molecule has 1 fully saturated rings. The zero-order valence-electron chi connectivity index (χ0n) is 10.1. The number of nitrogens with one attached hydrogen (secondary N) is 1. The predicted molar refractivity (Wildman–Crippen MR) is 61.6 cm³/mol. The maximum atomic E-state index is 13.1. The molecule has 1 aromatic rings. The summed E-state index contributed by atoms with van der Waals surface area (Å²) in [4.78, 5) is 11.8. The van der Waals surface area contributed by atoms with Gasteiger partial charge in [-0.1, -0.05) is 13.8 Å². The van der Waals surface area contributed by atoms with Crippen molar-refractivity contribution in [3.63, 3.8) is 0 Å². The molecular formula is C13H15F2NO. The van der Waals surface area contributed by atoms with E-state index in [9.17, 15) is 13.6 Å². The third-order valence-electron chi connectivity index (χ3n) is 3.36. The number of rotatable bonds is 2. The average Bonchev–Trinajstić information content (AvgIpc) is 2.84. The first-order valence-electron chi connectivity index (χ1n) is 5.58.